The zero-order valence-electron chi connectivity index (χ0n) is 14.7. The number of hydrazine groups is 1. The summed E-state index contributed by atoms with van der Waals surface area (Å²) in [6, 6.07) is 0. The molecule has 0 spiro atoms. The van der Waals surface area contributed by atoms with Crippen LogP contribution in [0.3, 0.4) is 0 Å². The van der Waals surface area contributed by atoms with Crippen molar-refractivity contribution in [2.45, 2.75) is 24.5 Å². The van der Waals surface area contributed by atoms with Crippen molar-refractivity contribution in [1.82, 2.24) is 29.4 Å². The molecule has 2 saturated heterocycles. The molecular weight excluding hydrogens is 378 g/mol. The highest BCUT2D eigenvalue weighted by Crippen LogP contribution is 2.32. The largest absolute Gasteiger partial charge is 0.394 e. The Morgan fingerprint density at radius 2 is 1.96 bits per heavy atom. The Hall–Kier alpha value is -1.60. The van der Waals surface area contributed by atoms with Crippen molar-refractivity contribution < 1.29 is 20.1 Å². The van der Waals surface area contributed by atoms with Crippen LogP contribution in [-0.2, 0) is 4.74 Å². The summed E-state index contributed by atoms with van der Waals surface area (Å²) in [6.07, 6.45) is -2.82. The summed E-state index contributed by atoms with van der Waals surface area (Å²) in [5.74, 6) is 0.458. The Morgan fingerprint density at radius 3 is 2.63 bits per heavy atom. The second-order valence-electron chi connectivity index (χ2n) is 6.80. The van der Waals surface area contributed by atoms with Crippen LogP contribution >= 0.6 is 11.6 Å². The fourth-order valence-corrected chi connectivity index (χ4v) is 3.50. The first-order valence-electron chi connectivity index (χ1n) is 8.70. The van der Waals surface area contributed by atoms with Crippen molar-refractivity contribution >= 4 is 28.6 Å². The van der Waals surface area contributed by atoms with E-state index in [1.165, 1.54) is 10.9 Å². The summed E-state index contributed by atoms with van der Waals surface area (Å²) in [7, 11) is 2.07. The zero-order chi connectivity index (χ0) is 19.1. The Bertz CT molecular complexity index is 813. The van der Waals surface area contributed by atoms with E-state index >= 15 is 0 Å². The number of aliphatic hydroxyl groups is 3. The summed E-state index contributed by atoms with van der Waals surface area (Å²) in [5, 5.41) is 31.6. The number of imidazole rings is 1. The number of fused-ring (bicyclic) bond motifs is 1. The maximum absolute atomic E-state index is 10.3. The number of ether oxygens (including phenoxy) is 1. The highest BCUT2D eigenvalue weighted by atomic mass is 35.5. The molecule has 2 fully saturated rings. The van der Waals surface area contributed by atoms with Gasteiger partial charge in [0.05, 0.1) is 12.9 Å². The van der Waals surface area contributed by atoms with Crippen LogP contribution in [-0.4, -0.2) is 103 Å². The van der Waals surface area contributed by atoms with Crippen LogP contribution in [0.5, 0.6) is 0 Å². The molecule has 0 unspecified atom stereocenters. The van der Waals surface area contributed by atoms with Crippen molar-refractivity contribution in [3.05, 3.63) is 11.6 Å². The minimum absolute atomic E-state index is 0.0209. The van der Waals surface area contributed by atoms with Gasteiger partial charge in [0.1, 0.15) is 18.3 Å². The van der Waals surface area contributed by atoms with Crippen LogP contribution in [0.4, 0.5) is 5.82 Å². The Labute approximate surface area is 160 Å². The van der Waals surface area contributed by atoms with Crippen molar-refractivity contribution in [3.63, 3.8) is 0 Å². The van der Waals surface area contributed by atoms with Gasteiger partial charge in [0.2, 0.25) is 5.28 Å². The fraction of sp³-hybridized carbons (Fsp3) is 0.667. The number of piperazine rings is 1. The number of rotatable bonds is 4. The second kappa shape index (κ2) is 7.43. The van der Waals surface area contributed by atoms with Gasteiger partial charge in [-0.05, 0) is 18.6 Å². The highest BCUT2D eigenvalue weighted by Gasteiger charge is 2.44. The van der Waals surface area contributed by atoms with E-state index in [9.17, 15) is 15.3 Å². The van der Waals surface area contributed by atoms with Crippen LogP contribution in [0, 0.1) is 0 Å². The number of likely N-dealkylation sites (N-methyl/N-ethyl adjacent to an activating group) is 1. The average molecular weight is 400 g/mol. The first kappa shape index (κ1) is 18.7. The molecule has 4 rings (SSSR count). The van der Waals surface area contributed by atoms with E-state index in [1.54, 1.807) is 0 Å². The van der Waals surface area contributed by atoms with Gasteiger partial charge < -0.3 is 30.4 Å². The molecular formula is C15H22ClN7O4. The number of nitrogens with one attached hydrogen (secondary N) is 1. The van der Waals surface area contributed by atoms with E-state index in [2.05, 4.69) is 32.3 Å². The number of hydrogen-bond acceptors (Lipinski definition) is 10. The molecule has 2 aliphatic rings. The lowest BCUT2D eigenvalue weighted by atomic mass is 10.1. The molecule has 2 aliphatic heterocycles. The van der Waals surface area contributed by atoms with Crippen molar-refractivity contribution in [2.75, 3.05) is 45.3 Å². The molecule has 0 aromatic carbocycles. The molecule has 0 bridgehead atoms. The van der Waals surface area contributed by atoms with E-state index in [4.69, 9.17) is 16.3 Å². The second-order valence-corrected chi connectivity index (χ2v) is 7.13. The lowest BCUT2D eigenvalue weighted by Crippen LogP contribution is -2.47. The molecule has 4 N–H and O–H groups in total. The number of nitrogens with zero attached hydrogens (tertiary/aromatic N) is 6. The van der Waals surface area contributed by atoms with E-state index in [-0.39, 0.29) is 5.28 Å². The predicted octanol–water partition coefficient (Wildman–Crippen LogP) is -1.33. The molecule has 0 aliphatic carbocycles. The minimum atomic E-state index is -1.23. The first-order valence-corrected chi connectivity index (χ1v) is 9.08. The first-order chi connectivity index (χ1) is 13.0. The van der Waals surface area contributed by atoms with E-state index < -0.39 is 31.1 Å². The van der Waals surface area contributed by atoms with Crippen LogP contribution in [0.1, 0.15) is 6.23 Å². The number of anilines is 1. The molecule has 11 nitrogen and oxygen atoms in total. The topological polar surface area (TPSA) is 132 Å². The molecule has 27 heavy (non-hydrogen) atoms. The normalized spacial score (nSPS) is 30.3. The number of halogens is 1. The quantitative estimate of drug-likeness (QED) is 0.458. The molecule has 12 heteroatoms. The van der Waals surface area contributed by atoms with Gasteiger partial charge >= 0.3 is 0 Å². The van der Waals surface area contributed by atoms with Gasteiger partial charge in [-0.2, -0.15) is 9.97 Å². The highest BCUT2D eigenvalue weighted by molar-refractivity contribution is 6.28. The van der Waals surface area contributed by atoms with Gasteiger partial charge in [-0.3, -0.25) is 4.57 Å². The van der Waals surface area contributed by atoms with Gasteiger partial charge in [-0.25, -0.2) is 9.99 Å². The van der Waals surface area contributed by atoms with Gasteiger partial charge in [-0.15, -0.1) is 0 Å². The predicted molar refractivity (Wildman–Crippen MR) is 96.0 cm³/mol. The average Bonchev–Trinajstić information content (AvgIpc) is 3.18. The molecule has 2 aromatic rings. The minimum Gasteiger partial charge on any atom is -0.394 e. The summed E-state index contributed by atoms with van der Waals surface area (Å²) in [6.45, 7) is 3.06. The Morgan fingerprint density at radius 1 is 1.22 bits per heavy atom. The molecule has 2 aromatic heterocycles. The third-order valence-electron chi connectivity index (χ3n) is 4.95. The molecule has 0 radical (unpaired) electrons. The smallest absolute Gasteiger partial charge is 0.226 e. The monoisotopic (exact) mass is 399 g/mol. The standard InChI is InChI=1S/C15H22ClN7O4/c1-21-2-4-22(5-3-21)20-12-9-13(19-15(16)18-12)23(7-17-9)14-11(26)10(25)8(6-24)27-14/h7-8,10-11,14,24-26H,2-6H2,1H3,(H,18,19,20)/t8-,10-,11-,14-/m1/s1. The van der Waals surface area contributed by atoms with Crippen LogP contribution in [0.2, 0.25) is 5.28 Å². The van der Waals surface area contributed by atoms with E-state index in [1.807, 2.05) is 5.01 Å². The van der Waals surface area contributed by atoms with Crippen LogP contribution < -0.4 is 5.43 Å². The lowest BCUT2D eigenvalue weighted by molar-refractivity contribution is -0.0511. The van der Waals surface area contributed by atoms with Crippen LogP contribution in [0.15, 0.2) is 6.33 Å². The molecule has 0 amide bonds. The maximum atomic E-state index is 10.3. The van der Waals surface area contributed by atoms with E-state index in [0.29, 0.717) is 17.0 Å². The molecule has 148 valence electrons. The number of aromatic nitrogens is 4. The molecule has 4 heterocycles. The summed E-state index contributed by atoms with van der Waals surface area (Å²) in [4.78, 5) is 15.0. The summed E-state index contributed by atoms with van der Waals surface area (Å²) in [5.41, 5.74) is 4.06. The van der Waals surface area contributed by atoms with Gasteiger partial charge in [-0.1, -0.05) is 0 Å². The lowest BCUT2D eigenvalue weighted by Gasteiger charge is -2.32. The molecule has 4 atom stereocenters. The third-order valence-corrected chi connectivity index (χ3v) is 5.12. The Balaban J connectivity index is 1.64. The van der Waals surface area contributed by atoms with Crippen molar-refractivity contribution in [2.24, 2.45) is 0 Å². The summed E-state index contributed by atoms with van der Waals surface area (Å²) < 4.78 is 7.05. The van der Waals surface area contributed by atoms with Crippen LogP contribution in [0.25, 0.3) is 11.2 Å². The zero-order valence-corrected chi connectivity index (χ0v) is 15.5. The number of hydrogen-bond donors (Lipinski definition) is 4. The van der Waals surface area contributed by atoms with Gasteiger partial charge in [0.25, 0.3) is 0 Å². The SMILES string of the molecule is CN1CCN(Nc2nc(Cl)nc3c2ncn3[C@@H]2O[C@H](CO)[C@@H](O)[C@H]2O)CC1. The maximum Gasteiger partial charge on any atom is 0.226 e. The van der Waals surface area contributed by atoms with E-state index in [0.717, 1.165) is 26.2 Å². The third kappa shape index (κ3) is 3.47. The van der Waals surface area contributed by atoms with Gasteiger partial charge in [0.15, 0.2) is 23.2 Å². The fourth-order valence-electron chi connectivity index (χ4n) is 3.33. The summed E-state index contributed by atoms with van der Waals surface area (Å²) >= 11 is 6.10. The van der Waals surface area contributed by atoms with Crippen molar-refractivity contribution in [3.8, 4) is 0 Å². The Kier molecular flexibility index (Phi) is 5.16. The molecule has 0 saturated carbocycles. The van der Waals surface area contributed by atoms with Crippen molar-refractivity contribution in [1.29, 1.82) is 0 Å². The number of aliphatic hydroxyl groups excluding tert-OH is 3. The van der Waals surface area contributed by atoms with Gasteiger partial charge in [0, 0.05) is 26.2 Å².